The molecule has 122 valence electrons. The van der Waals surface area contributed by atoms with E-state index < -0.39 is 0 Å². The molecule has 0 saturated heterocycles. The second kappa shape index (κ2) is 7.26. The zero-order chi connectivity index (χ0) is 17.1. The van der Waals surface area contributed by atoms with Crippen molar-refractivity contribution in [2.24, 2.45) is 5.10 Å². The van der Waals surface area contributed by atoms with Crippen LogP contribution in [0.15, 0.2) is 66.3 Å². The van der Waals surface area contributed by atoms with E-state index in [1.165, 1.54) is 0 Å². The Bertz CT molecular complexity index is 858. The third-order valence-electron chi connectivity index (χ3n) is 3.37. The van der Waals surface area contributed by atoms with E-state index in [9.17, 15) is 0 Å². The van der Waals surface area contributed by atoms with Gasteiger partial charge in [0.1, 0.15) is 6.33 Å². The van der Waals surface area contributed by atoms with E-state index in [1.54, 1.807) is 40.4 Å². The van der Waals surface area contributed by atoms with Crippen molar-refractivity contribution in [3.05, 3.63) is 81.8 Å². The molecule has 4 nitrogen and oxygen atoms in total. The topological polar surface area (TPSA) is 33.4 Å². The fourth-order valence-corrected chi connectivity index (χ4v) is 2.78. The number of rotatable bonds is 3. The van der Waals surface area contributed by atoms with Crippen molar-refractivity contribution < 1.29 is 0 Å². The van der Waals surface area contributed by atoms with Gasteiger partial charge in [-0.2, -0.15) is 5.10 Å². The van der Waals surface area contributed by atoms with Gasteiger partial charge in [-0.25, -0.2) is 4.98 Å². The summed E-state index contributed by atoms with van der Waals surface area (Å²) >= 11 is 18.3. The zero-order valence-electron chi connectivity index (χ0n) is 12.7. The molecule has 1 heterocycles. The summed E-state index contributed by atoms with van der Waals surface area (Å²) in [6, 6.07) is 12.7. The lowest BCUT2D eigenvalue weighted by Gasteiger charge is -2.17. The van der Waals surface area contributed by atoms with Crippen LogP contribution in [0, 0.1) is 0 Å². The first-order valence-electron chi connectivity index (χ1n) is 7.06. The predicted molar refractivity (Wildman–Crippen MR) is 100 cm³/mol. The summed E-state index contributed by atoms with van der Waals surface area (Å²) in [5, 5.41) is 8.18. The van der Waals surface area contributed by atoms with Gasteiger partial charge in [-0.05, 0) is 42.5 Å². The fourth-order valence-electron chi connectivity index (χ4n) is 2.16. The minimum Gasteiger partial charge on any atom is -0.289 e. The molecule has 0 amide bonds. The number of benzene rings is 2. The van der Waals surface area contributed by atoms with E-state index in [2.05, 4.69) is 10.1 Å². The maximum Gasteiger partial charge on any atom is 0.167 e. The predicted octanol–water partition coefficient (Wildman–Crippen LogP) is 5.19. The van der Waals surface area contributed by atoms with E-state index in [4.69, 9.17) is 34.8 Å². The molecule has 0 N–H and O–H groups in total. The molecule has 0 radical (unpaired) electrons. The number of hydrazone groups is 1. The highest BCUT2D eigenvalue weighted by atomic mass is 35.5. The van der Waals surface area contributed by atoms with Gasteiger partial charge in [0.25, 0.3) is 0 Å². The minimum atomic E-state index is 0.513. The monoisotopic (exact) mass is 378 g/mol. The van der Waals surface area contributed by atoms with Crippen LogP contribution < -0.4 is 5.01 Å². The summed E-state index contributed by atoms with van der Waals surface area (Å²) in [7, 11) is 1.85. The smallest absolute Gasteiger partial charge is 0.167 e. The normalized spacial score (nSPS) is 11.6. The molecule has 0 aliphatic rings. The Kier molecular flexibility index (Phi) is 5.09. The van der Waals surface area contributed by atoms with Gasteiger partial charge in [-0.1, -0.05) is 34.8 Å². The maximum absolute atomic E-state index is 6.36. The van der Waals surface area contributed by atoms with E-state index in [0.29, 0.717) is 20.9 Å². The number of anilines is 1. The quantitative estimate of drug-likeness (QED) is 0.356. The van der Waals surface area contributed by atoms with Crippen LogP contribution in [0.5, 0.6) is 0 Å². The SMILES string of the molecule is CN(N=C(c1ccc(Cl)cc1Cl)n1ccnc1)c1ccc(Cl)cc1. The Labute approximate surface area is 154 Å². The number of hydrogen-bond acceptors (Lipinski definition) is 3. The summed E-state index contributed by atoms with van der Waals surface area (Å²) in [6.07, 6.45) is 5.15. The Balaban J connectivity index is 2.06. The van der Waals surface area contributed by atoms with Crippen molar-refractivity contribution in [3.63, 3.8) is 0 Å². The Morgan fingerprint density at radius 1 is 1.04 bits per heavy atom. The molecule has 0 saturated carbocycles. The molecule has 0 aliphatic heterocycles. The largest absolute Gasteiger partial charge is 0.289 e. The lowest BCUT2D eigenvalue weighted by Crippen LogP contribution is -2.19. The van der Waals surface area contributed by atoms with Crippen molar-refractivity contribution in [2.75, 3.05) is 12.1 Å². The van der Waals surface area contributed by atoms with Gasteiger partial charge in [0.2, 0.25) is 0 Å². The third-order valence-corrected chi connectivity index (χ3v) is 4.17. The van der Waals surface area contributed by atoms with Gasteiger partial charge in [0.15, 0.2) is 5.84 Å². The number of hydrogen-bond donors (Lipinski definition) is 0. The summed E-state index contributed by atoms with van der Waals surface area (Å²) < 4.78 is 1.79. The zero-order valence-corrected chi connectivity index (χ0v) is 15.0. The molecule has 0 unspecified atom stereocenters. The van der Waals surface area contributed by atoms with Gasteiger partial charge in [-0.3, -0.25) is 9.58 Å². The average Bonchev–Trinajstić information content (AvgIpc) is 3.08. The second-order valence-corrected chi connectivity index (χ2v) is 6.30. The van der Waals surface area contributed by atoms with Gasteiger partial charge in [0, 0.05) is 35.1 Å². The molecule has 3 aromatic rings. The van der Waals surface area contributed by atoms with Crippen LogP contribution in [-0.4, -0.2) is 22.4 Å². The van der Waals surface area contributed by atoms with E-state index in [0.717, 1.165) is 11.3 Å². The highest BCUT2D eigenvalue weighted by Gasteiger charge is 2.13. The third kappa shape index (κ3) is 3.73. The Morgan fingerprint density at radius 3 is 2.38 bits per heavy atom. The molecule has 24 heavy (non-hydrogen) atoms. The van der Waals surface area contributed by atoms with E-state index in [1.807, 2.05) is 37.4 Å². The summed E-state index contributed by atoms with van der Waals surface area (Å²) in [5.41, 5.74) is 1.64. The molecule has 0 fully saturated rings. The number of imidazole rings is 1. The van der Waals surface area contributed by atoms with Crippen LogP contribution >= 0.6 is 34.8 Å². The van der Waals surface area contributed by atoms with Gasteiger partial charge in [0.05, 0.1) is 10.7 Å². The summed E-state index contributed by atoms with van der Waals surface area (Å²) in [4.78, 5) is 4.08. The first-order valence-corrected chi connectivity index (χ1v) is 8.19. The van der Waals surface area contributed by atoms with Crippen molar-refractivity contribution in [1.82, 2.24) is 9.55 Å². The van der Waals surface area contributed by atoms with Crippen LogP contribution in [0.3, 0.4) is 0 Å². The number of aromatic nitrogens is 2. The van der Waals surface area contributed by atoms with Crippen LogP contribution in [0.1, 0.15) is 5.56 Å². The minimum absolute atomic E-state index is 0.513. The molecule has 0 atom stereocenters. The molecule has 2 aromatic carbocycles. The average molecular weight is 380 g/mol. The van der Waals surface area contributed by atoms with E-state index >= 15 is 0 Å². The Hall–Kier alpha value is -2.01. The van der Waals surface area contributed by atoms with Crippen LogP contribution in [-0.2, 0) is 0 Å². The first kappa shape index (κ1) is 16.8. The number of nitrogens with zero attached hydrogens (tertiary/aromatic N) is 4. The highest BCUT2D eigenvalue weighted by molar-refractivity contribution is 6.37. The molecule has 7 heteroatoms. The molecular formula is C17H13Cl3N4. The Morgan fingerprint density at radius 2 is 1.75 bits per heavy atom. The molecule has 1 aromatic heterocycles. The summed E-state index contributed by atoms with van der Waals surface area (Å²) in [6.45, 7) is 0. The standard InChI is InChI=1S/C17H13Cl3N4/c1-23(14-5-2-12(18)3-6-14)22-17(24-9-8-21-11-24)15-7-4-13(19)10-16(15)20/h2-11H,1H3. The molecular weight excluding hydrogens is 367 g/mol. The number of halogens is 3. The van der Waals surface area contributed by atoms with Gasteiger partial charge < -0.3 is 0 Å². The van der Waals surface area contributed by atoms with Gasteiger partial charge in [-0.15, -0.1) is 0 Å². The summed E-state index contributed by atoms with van der Waals surface area (Å²) in [5.74, 6) is 0.631. The maximum atomic E-state index is 6.36. The van der Waals surface area contributed by atoms with E-state index in [-0.39, 0.29) is 0 Å². The van der Waals surface area contributed by atoms with Gasteiger partial charge >= 0.3 is 0 Å². The van der Waals surface area contributed by atoms with Crippen LogP contribution in [0.2, 0.25) is 15.1 Å². The van der Waals surface area contributed by atoms with Crippen molar-refractivity contribution >= 4 is 46.3 Å². The molecule has 0 aliphatic carbocycles. The van der Waals surface area contributed by atoms with Crippen molar-refractivity contribution in [1.29, 1.82) is 0 Å². The van der Waals surface area contributed by atoms with Crippen molar-refractivity contribution in [3.8, 4) is 0 Å². The molecule has 3 rings (SSSR count). The molecule has 0 bridgehead atoms. The van der Waals surface area contributed by atoms with Crippen LogP contribution in [0.25, 0.3) is 0 Å². The first-order chi connectivity index (χ1) is 11.5. The molecule has 0 spiro atoms. The van der Waals surface area contributed by atoms with Crippen LogP contribution in [0.4, 0.5) is 5.69 Å². The van der Waals surface area contributed by atoms with Crippen molar-refractivity contribution in [2.45, 2.75) is 0 Å². The lowest BCUT2D eigenvalue weighted by atomic mass is 10.2. The lowest BCUT2D eigenvalue weighted by molar-refractivity contribution is 0.982. The fraction of sp³-hybridized carbons (Fsp3) is 0.0588. The second-order valence-electron chi connectivity index (χ2n) is 5.02. The highest BCUT2D eigenvalue weighted by Crippen LogP contribution is 2.23.